The molecular formula is C20H16Cl2FNO2. The summed E-state index contributed by atoms with van der Waals surface area (Å²) in [5.41, 5.74) is 2.38. The van der Waals surface area contributed by atoms with Crippen molar-refractivity contribution in [2.45, 2.75) is 19.8 Å². The van der Waals surface area contributed by atoms with Crippen LogP contribution in [0, 0.1) is 5.82 Å². The van der Waals surface area contributed by atoms with Crippen molar-refractivity contribution in [1.82, 2.24) is 4.98 Å². The van der Waals surface area contributed by atoms with Crippen LogP contribution in [-0.4, -0.2) is 17.6 Å². The summed E-state index contributed by atoms with van der Waals surface area (Å²) in [6, 6.07) is 10.2. The molecule has 0 saturated heterocycles. The van der Waals surface area contributed by atoms with Gasteiger partial charge in [0, 0.05) is 22.2 Å². The zero-order valence-electron chi connectivity index (χ0n) is 14.1. The fraction of sp³-hybridized carbons (Fsp3) is 0.200. The third-order valence-electron chi connectivity index (χ3n) is 4.09. The van der Waals surface area contributed by atoms with E-state index >= 15 is 0 Å². The van der Waals surface area contributed by atoms with Gasteiger partial charge in [-0.15, -0.1) is 0 Å². The highest BCUT2D eigenvalue weighted by molar-refractivity contribution is 6.38. The number of fused-ring (bicyclic) bond motifs is 1. The molecule has 1 heterocycles. The number of halogens is 3. The number of aromatic nitrogens is 1. The van der Waals surface area contributed by atoms with Gasteiger partial charge in [-0.25, -0.2) is 9.18 Å². The lowest BCUT2D eigenvalue weighted by atomic mass is 10.0. The summed E-state index contributed by atoms with van der Waals surface area (Å²) in [5.74, 6) is -0.802. The highest BCUT2D eigenvalue weighted by Gasteiger charge is 2.15. The van der Waals surface area contributed by atoms with E-state index in [9.17, 15) is 9.18 Å². The summed E-state index contributed by atoms with van der Waals surface area (Å²) >= 11 is 12.4. The van der Waals surface area contributed by atoms with E-state index in [1.54, 1.807) is 19.1 Å². The third kappa shape index (κ3) is 3.81. The number of rotatable bonds is 5. The number of benzene rings is 2. The fourth-order valence-corrected chi connectivity index (χ4v) is 3.30. The lowest BCUT2D eigenvalue weighted by Crippen LogP contribution is -2.06. The smallest absolute Gasteiger partial charge is 0.341 e. The first-order valence-electron chi connectivity index (χ1n) is 8.18. The standard InChI is InChI=1S/C20H16Cl2FNO2/c1-2-26-20(25)15-11-24-18-10-12(7-9-14(18)19(15)22)6-8-13-16(21)4-3-5-17(13)23/h3-5,7,9-11H,2,6,8H2,1H3. The first-order chi connectivity index (χ1) is 12.5. The summed E-state index contributed by atoms with van der Waals surface area (Å²) < 4.78 is 18.9. The average molecular weight is 392 g/mol. The summed E-state index contributed by atoms with van der Waals surface area (Å²) in [6.45, 7) is 2.00. The van der Waals surface area contributed by atoms with E-state index in [4.69, 9.17) is 27.9 Å². The Bertz CT molecular complexity index is 955. The largest absolute Gasteiger partial charge is 0.462 e. The van der Waals surface area contributed by atoms with Gasteiger partial charge in [0.1, 0.15) is 5.82 Å². The van der Waals surface area contributed by atoms with Crippen LogP contribution in [0.4, 0.5) is 4.39 Å². The van der Waals surface area contributed by atoms with Crippen molar-refractivity contribution in [3.8, 4) is 0 Å². The Hall–Kier alpha value is -2.17. The number of aryl methyl sites for hydroxylation is 1. The molecule has 26 heavy (non-hydrogen) atoms. The average Bonchev–Trinajstić information content (AvgIpc) is 2.61. The van der Waals surface area contributed by atoms with Crippen LogP contribution in [0.25, 0.3) is 10.9 Å². The second kappa shape index (κ2) is 8.02. The Morgan fingerprint density at radius 2 is 2.00 bits per heavy atom. The number of nitrogens with zero attached hydrogens (tertiary/aromatic N) is 1. The Balaban J connectivity index is 1.86. The van der Waals surface area contributed by atoms with Crippen molar-refractivity contribution in [2.75, 3.05) is 6.61 Å². The van der Waals surface area contributed by atoms with Gasteiger partial charge in [-0.05, 0) is 43.5 Å². The lowest BCUT2D eigenvalue weighted by Gasteiger charge is -2.09. The molecule has 6 heteroatoms. The van der Waals surface area contributed by atoms with Gasteiger partial charge < -0.3 is 4.74 Å². The van der Waals surface area contributed by atoms with Gasteiger partial charge in [-0.1, -0.05) is 41.4 Å². The zero-order valence-corrected chi connectivity index (χ0v) is 15.6. The SMILES string of the molecule is CCOC(=O)c1cnc2cc(CCc3c(F)cccc3Cl)ccc2c1Cl. The van der Waals surface area contributed by atoms with Crippen LogP contribution in [0.3, 0.4) is 0 Å². The van der Waals surface area contributed by atoms with E-state index in [-0.39, 0.29) is 18.0 Å². The quantitative estimate of drug-likeness (QED) is 0.528. The number of esters is 1. The number of carbonyl (C=O) groups excluding carboxylic acids is 1. The monoisotopic (exact) mass is 391 g/mol. The molecule has 3 rings (SSSR count). The van der Waals surface area contributed by atoms with Crippen LogP contribution < -0.4 is 0 Å². The van der Waals surface area contributed by atoms with Crippen LogP contribution in [0.5, 0.6) is 0 Å². The fourth-order valence-electron chi connectivity index (χ4n) is 2.75. The minimum Gasteiger partial charge on any atom is -0.462 e. The molecule has 1 aromatic heterocycles. The number of hydrogen-bond acceptors (Lipinski definition) is 3. The summed E-state index contributed by atoms with van der Waals surface area (Å²) in [6.07, 6.45) is 2.50. The molecule has 0 aliphatic heterocycles. The van der Waals surface area contributed by atoms with Crippen molar-refractivity contribution in [2.24, 2.45) is 0 Å². The lowest BCUT2D eigenvalue weighted by molar-refractivity contribution is 0.0526. The van der Waals surface area contributed by atoms with Crippen LogP contribution >= 0.6 is 23.2 Å². The summed E-state index contributed by atoms with van der Waals surface area (Å²) in [5, 5.41) is 1.41. The molecule has 0 spiro atoms. The molecule has 0 fully saturated rings. The van der Waals surface area contributed by atoms with Gasteiger partial charge in [-0.3, -0.25) is 4.98 Å². The number of hydrogen-bond donors (Lipinski definition) is 0. The predicted molar refractivity (Wildman–Crippen MR) is 102 cm³/mol. The van der Waals surface area contributed by atoms with E-state index in [1.165, 1.54) is 12.3 Å². The van der Waals surface area contributed by atoms with E-state index in [2.05, 4.69) is 4.98 Å². The van der Waals surface area contributed by atoms with E-state index < -0.39 is 5.97 Å². The van der Waals surface area contributed by atoms with Gasteiger partial charge in [0.15, 0.2) is 0 Å². The molecule has 3 nitrogen and oxygen atoms in total. The first kappa shape index (κ1) is 18.6. The van der Waals surface area contributed by atoms with E-state index in [0.717, 1.165) is 5.56 Å². The van der Waals surface area contributed by atoms with Crippen LogP contribution in [-0.2, 0) is 17.6 Å². The number of carbonyl (C=O) groups is 1. The normalized spacial score (nSPS) is 10.9. The maximum atomic E-state index is 13.9. The molecule has 0 amide bonds. The van der Waals surface area contributed by atoms with Gasteiger partial charge in [0.25, 0.3) is 0 Å². The summed E-state index contributed by atoms with van der Waals surface area (Å²) in [4.78, 5) is 16.2. The van der Waals surface area contributed by atoms with Crippen molar-refractivity contribution in [3.05, 3.63) is 75.1 Å². The maximum absolute atomic E-state index is 13.9. The summed E-state index contributed by atoms with van der Waals surface area (Å²) in [7, 11) is 0. The Morgan fingerprint density at radius 1 is 1.19 bits per heavy atom. The number of ether oxygens (including phenoxy) is 1. The highest BCUT2D eigenvalue weighted by Crippen LogP contribution is 2.28. The van der Waals surface area contributed by atoms with Crippen molar-refractivity contribution >= 4 is 40.1 Å². The molecule has 0 atom stereocenters. The van der Waals surface area contributed by atoms with E-state index in [1.807, 2.05) is 18.2 Å². The van der Waals surface area contributed by atoms with Crippen LogP contribution in [0.15, 0.2) is 42.6 Å². The minimum atomic E-state index is -0.495. The minimum absolute atomic E-state index is 0.243. The Morgan fingerprint density at radius 3 is 2.73 bits per heavy atom. The van der Waals surface area contributed by atoms with Gasteiger partial charge in [0.05, 0.1) is 22.7 Å². The second-order valence-electron chi connectivity index (χ2n) is 5.76. The van der Waals surface area contributed by atoms with Gasteiger partial charge in [0.2, 0.25) is 0 Å². The first-order valence-corrected chi connectivity index (χ1v) is 8.94. The molecule has 0 aliphatic carbocycles. The van der Waals surface area contributed by atoms with Gasteiger partial charge in [-0.2, -0.15) is 0 Å². The van der Waals surface area contributed by atoms with Crippen LogP contribution in [0.1, 0.15) is 28.4 Å². The van der Waals surface area contributed by atoms with E-state index in [0.29, 0.717) is 39.4 Å². The second-order valence-corrected chi connectivity index (χ2v) is 6.54. The molecule has 134 valence electrons. The molecule has 2 aromatic carbocycles. The molecular weight excluding hydrogens is 376 g/mol. The molecule has 0 N–H and O–H groups in total. The van der Waals surface area contributed by atoms with Crippen molar-refractivity contribution in [3.63, 3.8) is 0 Å². The molecule has 0 radical (unpaired) electrons. The maximum Gasteiger partial charge on any atom is 0.341 e. The van der Waals surface area contributed by atoms with Crippen LogP contribution in [0.2, 0.25) is 10.0 Å². The molecule has 3 aromatic rings. The predicted octanol–water partition coefficient (Wildman–Crippen LogP) is 5.64. The van der Waals surface area contributed by atoms with Gasteiger partial charge >= 0.3 is 5.97 Å². The Kier molecular flexibility index (Phi) is 5.74. The molecule has 0 saturated carbocycles. The molecule has 0 bridgehead atoms. The highest BCUT2D eigenvalue weighted by atomic mass is 35.5. The Labute approximate surface area is 160 Å². The van der Waals surface area contributed by atoms with Crippen molar-refractivity contribution < 1.29 is 13.9 Å². The zero-order chi connectivity index (χ0) is 18.7. The third-order valence-corrected chi connectivity index (χ3v) is 4.85. The molecule has 0 unspecified atom stereocenters. The molecule has 0 aliphatic rings. The topological polar surface area (TPSA) is 39.2 Å². The number of pyridine rings is 1. The van der Waals surface area contributed by atoms with Crippen molar-refractivity contribution in [1.29, 1.82) is 0 Å².